The second-order valence-electron chi connectivity index (χ2n) is 10.4. The second-order valence-corrected chi connectivity index (χ2v) is 10.4. The summed E-state index contributed by atoms with van der Waals surface area (Å²) in [6.45, 7) is 1.42. The van der Waals surface area contributed by atoms with Gasteiger partial charge in [0, 0.05) is 30.8 Å². The van der Waals surface area contributed by atoms with Crippen LogP contribution in [-0.4, -0.2) is 84.9 Å². The fourth-order valence-corrected chi connectivity index (χ4v) is 4.23. The predicted molar refractivity (Wildman–Crippen MR) is 185 cm³/mol. The number of hydrogen-bond acceptors (Lipinski definition) is 16. The summed E-state index contributed by atoms with van der Waals surface area (Å²) in [7, 11) is 2.31. The van der Waals surface area contributed by atoms with E-state index >= 15 is 0 Å². The highest BCUT2D eigenvalue weighted by Crippen LogP contribution is 2.21. The van der Waals surface area contributed by atoms with Gasteiger partial charge in [0.05, 0.1) is 36.7 Å². The Kier molecular flexibility index (Phi) is 14.1. The molecule has 52 heavy (non-hydrogen) atoms. The molecule has 0 bridgehead atoms. The monoisotopic (exact) mass is 716 g/mol. The number of benzene rings is 3. The third-order valence-electron chi connectivity index (χ3n) is 6.77. The number of aliphatic hydroxyl groups is 1. The number of anilines is 4. The molecule has 2 amide bonds. The molecule has 18 nitrogen and oxygen atoms in total. The molecule has 0 aromatic heterocycles. The molecule has 0 aliphatic heterocycles. The van der Waals surface area contributed by atoms with E-state index in [4.69, 9.17) is 9.47 Å². The number of rotatable bonds is 17. The molecule has 0 unspecified atom stereocenters. The number of ether oxygens (including phenoxy) is 3. The van der Waals surface area contributed by atoms with Crippen LogP contribution in [0, 0.1) is 0 Å². The van der Waals surface area contributed by atoms with Crippen molar-refractivity contribution in [2.75, 3.05) is 42.3 Å². The van der Waals surface area contributed by atoms with Crippen molar-refractivity contribution >= 4 is 81.7 Å². The van der Waals surface area contributed by atoms with Crippen molar-refractivity contribution in [3.63, 3.8) is 0 Å². The number of carbonyl (C=O) groups excluding carboxylic acids is 8. The summed E-state index contributed by atoms with van der Waals surface area (Å²) in [4.78, 5) is 97.6. The Labute approximate surface area is 295 Å². The standard InChI is InChI=1S/C34H32N6O12/c1-18(43)29(39-37-26-13-20(16-52-17-42)5-11-25(26)34(49)51-4)31(46)35-22-7-9-23(10-8-22)36-32(47)30(19(2)44)40-38-27-14-21(33(48)50-3)6-12-24(27)28(45)15-41/h5-14,17,37-38,41H,15-16H2,1-4H3,(H,35,46)(H,36,47)/b39-29-,40-30-. The van der Waals surface area contributed by atoms with E-state index in [9.17, 15) is 43.5 Å². The average molecular weight is 717 g/mol. The quantitative estimate of drug-likeness (QED) is 0.0255. The van der Waals surface area contributed by atoms with E-state index in [1.54, 1.807) is 0 Å². The van der Waals surface area contributed by atoms with E-state index in [1.165, 1.54) is 60.7 Å². The van der Waals surface area contributed by atoms with E-state index in [0.29, 0.717) is 5.56 Å². The number of nitrogens with one attached hydrogen (secondary N) is 4. The van der Waals surface area contributed by atoms with Crippen LogP contribution in [0.2, 0.25) is 0 Å². The summed E-state index contributed by atoms with van der Waals surface area (Å²) < 4.78 is 14.1. The number of ketones is 3. The first-order chi connectivity index (χ1) is 24.8. The number of Topliss-reactive ketones (excluding diaryl/α,β-unsaturated/α-hetero) is 3. The van der Waals surface area contributed by atoms with Crippen LogP contribution in [-0.2, 0) is 44.8 Å². The van der Waals surface area contributed by atoms with Crippen LogP contribution in [0.3, 0.4) is 0 Å². The van der Waals surface area contributed by atoms with Gasteiger partial charge in [-0.1, -0.05) is 6.07 Å². The van der Waals surface area contributed by atoms with Gasteiger partial charge < -0.3 is 30.0 Å². The van der Waals surface area contributed by atoms with Crippen LogP contribution in [0.1, 0.15) is 50.5 Å². The maximum absolute atomic E-state index is 13.0. The number of aliphatic hydroxyl groups excluding tert-OH is 1. The van der Waals surface area contributed by atoms with Gasteiger partial charge in [-0.3, -0.25) is 39.6 Å². The number of nitrogens with zero attached hydrogens (tertiary/aromatic N) is 2. The van der Waals surface area contributed by atoms with Crippen LogP contribution in [0.15, 0.2) is 70.9 Å². The summed E-state index contributed by atoms with van der Waals surface area (Å²) in [6.07, 6.45) is 0. The second kappa shape index (κ2) is 18.6. The van der Waals surface area contributed by atoms with Gasteiger partial charge in [0.15, 0.2) is 28.8 Å². The highest BCUT2D eigenvalue weighted by molar-refractivity contribution is 6.67. The Balaban J connectivity index is 1.77. The average Bonchev–Trinajstić information content (AvgIpc) is 3.13. The molecular weight excluding hydrogens is 684 g/mol. The first-order valence-corrected chi connectivity index (χ1v) is 14.9. The summed E-state index contributed by atoms with van der Waals surface area (Å²) >= 11 is 0. The van der Waals surface area contributed by atoms with Crippen LogP contribution < -0.4 is 21.5 Å². The van der Waals surface area contributed by atoms with Crippen LogP contribution in [0.25, 0.3) is 0 Å². The van der Waals surface area contributed by atoms with Gasteiger partial charge in [-0.2, -0.15) is 10.2 Å². The normalized spacial score (nSPS) is 11.0. The van der Waals surface area contributed by atoms with Crippen LogP contribution in [0.5, 0.6) is 0 Å². The number of methoxy groups -OCH3 is 2. The molecule has 0 saturated heterocycles. The van der Waals surface area contributed by atoms with E-state index in [-0.39, 0.29) is 52.5 Å². The molecule has 0 heterocycles. The molecule has 0 atom stereocenters. The highest BCUT2D eigenvalue weighted by Gasteiger charge is 2.21. The minimum Gasteiger partial charge on any atom is -0.465 e. The summed E-state index contributed by atoms with van der Waals surface area (Å²) in [5.41, 5.74) is 4.49. The maximum atomic E-state index is 13.0. The third kappa shape index (κ3) is 10.5. The molecule has 5 N–H and O–H groups in total. The Morgan fingerprint density at radius 3 is 1.65 bits per heavy atom. The lowest BCUT2D eigenvalue weighted by Gasteiger charge is -2.12. The van der Waals surface area contributed by atoms with E-state index in [1.807, 2.05) is 0 Å². The van der Waals surface area contributed by atoms with Gasteiger partial charge >= 0.3 is 11.9 Å². The number of esters is 2. The number of amides is 2. The van der Waals surface area contributed by atoms with E-state index < -0.39 is 59.1 Å². The lowest BCUT2D eigenvalue weighted by molar-refractivity contribution is -0.130. The largest absolute Gasteiger partial charge is 0.465 e. The van der Waals surface area contributed by atoms with Gasteiger partial charge in [-0.15, -0.1) is 0 Å². The van der Waals surface area contributed by atoms with Gasteiger partial charge in [0.25, 0.3) is 18.3 Å². The van der Waals surface area contributed by atoms with Crippen molar-refractivity contribution in [2.45, 2.75) is 20.5 Å². The van der Waals surface area contributed by atoms with Crippen LogP contribution in [0.4, 0.5) is 22.7 Å². The molecule has 0 radical (unpaired) electrons. The third-order valence-corrected chi connectivity index (χ3v) is 6.77. The molecule has 0 fully saturated rings. The van der Waals surface area contributed by atoms with Gasteiger partial charge in [-0.25, -0.2) is 9.59 Å². The molecule has 3 rings (SSSR count). The minimum atomic E-state index is -0.957. The van der Waals surface area contributed by atoms with Gasteiger partial charge in [0.2, 0.25) is 0 Å². The molecule has 3 aromatic carbocycles. The Hall–Kier alpha value is -7.08. The molecule has 3 aromatic rings. The van der Waals surface area contributed by atoms with Crippen molar-refractivity contribution in [1.29, 1.82) is 0 Å². The van der Waals surface area contributed by atoms with Crippen molar-refractivity contribution in [1.82, 2.24) is 0 Å². The van der Waals surface area contributed by atoms with Crippen molar-refractivity contribution in [2.24, 2.45) is 10.2 Å². The van der Waals surface area contributed by atoms with Crippen molar-refractivity contribution in [3.05, 3.63) is 82.9 Å². The summed E-state index contributed by atoms with van der Waals surface area (Å²) in [6, 6.07) is 13.5. The Morgan fingerprint density at radius 1 is 0.692 bits per heavy atom. The molecule has 0 saturated carbocycles. The molecule has 270 valence electrons. The van der Waals surface area contributed by atoms with Gasteiger partial charge in [-0.05, 0) is 60.2 Å². The zero-order chi connectivity index (χ0) is 38.4. The number of carbonyl (C=O) groups is 8. The van der Waals surface area contributed by atoms with E-state index in [0.717, 1.165) is 28.1 Å². The molecule has 0 spiro atoms. The fourth-order valence-electron chi connectivity index (χ4n) is 4.23. The van der Waals surface area contributed by atoms with Crippen LogP contribution >= 0.6 is 0 Å². The van der Waals surface area contributed by atoms with Crippen molar-refractivity contribution < 1.29 is 57.7 Å². The Morgan fingerprint density at radius 2 is 1.19 bits per heavy atom. The van der Waals surface area contributed by atoms with Crippen molar-refractivity contribution in [3.8, 4) is 0 Å². The summed E-state index contributed by atoms with van der Waals surface area (Å²) in [5.74, 6) is -5.59. The molecule has 18 heteroatoms. The SMILES string of the molecule is COC(=O)c1ccc(C(=O)CO)c(N/N=C(/C(C)=O)C(=O)Nc2ccc(NC(=O)/C(=N\Nc3cc(COC=O)ccc3C(=O)OC)C(C)=O)cc2)c1. The first kappa shape index (κ1) is 39.4. The smallest absolute Gasteiger partial charge is 0.340 e. The topological polar surface area (TPSA) is 257 Å². The zero-order valence-corrected chi connectivity index (χ0v) is 28.1. The van der Waals surface area contributed by atoms with E-state index in [2.05, 4.69) is 36.4 Å². The number of hydrogen-bond donors (Lipinski definition) is 5. The minimum absolute atomic E-state index is 0.0186. The lowest BCUT2D eigenvalue weighted by atomic mass is 10.1. The first-order valence-electron chi connectivity index (χ1n) is 14.9. The molecular formula is C34H32N6O12. The highest BCUT2D eigenvalue weighted by atomic mass is 16.5. The molecule has 0 aliphatic rings. The molecule has 0 aliphatic carbocycles. The zero-order valence-electron chi connectivity index (χ0n) is 28.1. The maximum Gasteiger partial charge on any atom is 0.340 e. The van der Waals surface area contributed by atoms with Gasteiger partial charge in [0.1, 0.15) is 13.2 Å². The predicted octanol–water partition coefficient (Wildman–Crippen LogP) is 2.10. The lowest BCUT2D eigenvalue weighted by Crippen LogP contribution is -2.30. The fraction of sp³-hybridized carbons (Fsp3) is 0.176. The Bertz CT molecular complexity index is 1970. The number of hydrazone groups is 2. The summed E-state index contributed by atoms with van der Waals surface area (Å²) in [5, 5.41) is 22.0.